The van der Waals surface area contributed by atoms with Gasteiger partial charge in [0.25, 0.3) is 5.91 Å². The van der Waals surface area contributed by atoms with Crippen molar-refractivity contribution in [2.75, 3.05) is 20.3 Å². The molecule has 1 rings (SSSR count). The van der Waals surface area contributed by atoms with Crippen molar-refractivity contribution in [3.05, 3.63) is 20.3 Å². The molecule has 0 aliphatic rings. The number of methoxy groups -OCH3 is 1. The third-order valence-corrected chi connectivity index (χ3v) is 4.65. The Kier molecular flexibility index (Phi) is 6.48. The second-order valence-corrected chi connectivity index (χ2v) is 6.65. The highest BCUT2D eigenvalue weighted by molar-refractivity contribution is 9.11. The molecule has 1 atom stereocenters. The van der Waals surface area contributed by atoms with Crippen molar-refractivity contribution >= 4 is 44.8 Å². The van der Waals surface area contributed by atoms with E-state index < -0.39 is 0 Å². The van der Waals surface area contributed by atoms with Crippen LogP contribution >= 0.6 is 38.9 Å². The summed E-state index contributed by atoms with van der Waals surface area (Å²) in [6.07, 6.45) is 0.701. The van der Waals surface area contributed by atoms with Gasteiger partial charge in [0.05, 0.1) is 20.6 Å². The van der Waals surface area contributed by atoms with Crippen LogP contribution in [0.4, 0.5) is 0 Å². The summed E-state index contributed by atoms with van der Waals surface area (Å²) >= 11 is 10.8. The maximum absolute atomic E-state index is 11.8. The van der Waals surface area contributed by atoms with Crippen LogP contribution in [0, 0.1) is 6.92 Å². The molecule has 0 radical (unpaired) electrons. The minimum atomic E-state index is -0.0582. The topological polar surface area (TPSA) is 38.3 Å². The van der Waals surface area contributed by atoms with Crippen molar-refractivity contribution in [2.45, 2.75) is 18.7 Å². The molecule has 0 aliphatic carbocycles. The first-order chi connectivity index (χ1) is 8.04. The van der Waals surface area contributed by atoms with E-state index in [1.165, 1.54) is 11.3 Å². The Morgan fingerprint density at radius 3 is 2.94 bits per heavy atom. The molecule has 1 heterocycles. The van der Waals surface area contributed by atoms with Gasteiger partial charge in [-0.25, -0.2) is 0 Å². The molecule has 96 valence electrons. The molecular weight excluding hydrogens is 326 g/mol. The van der Waals surface area contributed by atoms with Gasteiger partial charge in [0.1, 0.15) is 0 Å². The third kappa shape index (κ3) is 4.95. The largest absolute Gasteiger partial charge is 0.383 e. The number of amides is 1. The smallest absolute Gasteiger partial charge is 0.261 e. The zero-order chi connectivity index (χ0) is 12.8. The standard InChI is InChI=1S/C11H15BrClNO2S/c1-7-5-9(17-10(7)12)11(15)14-4-3-8(13)6-16-2/h5,8H,3-4,6H2,1-2H3,(H,14,15). The van der Waals surface area contributed by atoms with Gasteiger partial charge in [0.2, 0.25) is 0 Å². The van der Waals surface area contributed by atoms with Gasteiger partial charge in [-0.1, -0.05) is 0 Å². The first-order valence-corrected chi connectivity index (χ1v) is 7.26. The summed E-state index contributed by atoms with van der Waals surface area (Å²) in [5.41, 5.74) is 1.08. The predicted octanol–water partition coefficient (Wildman–Crippen LogP) is 3.19. The van der Waals surface area contributed by atoms with Crippen LogP contribution in [0.25, 0.3) is 0 Å². The normalized spacial score (nSPS) is 12.5. The van der Waals surface area contributed by atoms with E-state index in [-0.39, 0.29) is 11.3 Å². The van der Waals surface area contributed by atoms with E-state index in [0.29, 0.717) is 24.4 Å². The molecule has 1 unspecified atom stereocenters. The lowest BCUT2D eigenvalue weighted by molar-refractivity contribution is 0.0955. The maximum atomic E-state index is 11.8. The zero-order valence-electron chi connectivity index (χ0n) is 9.76. The highest BCUT2D eigenvalue weighted by Gasteiger charge is 2.11. The average molecular weight is 341 g/mol. The number of halogens is 2. The van der Waals surface area contributed by atoms with Gasteiger partial charge in [0, 0.05) is 13.7 Å². The number of nitrogens with one attached hydrogen (secondary N) is 1. The molecule has 6 heteroatoms. The van der Waals surface area contributed by atoms with E-state index in [2.05, 4.69) is 21.2 Å². The fraction of sp³-hybridized carbons (Fsp3) is 0.545. The molecule has 1 N–H and O–H groups in total. The van der Waals surface area contributed by atoms with Crippen molar-refractivity contribution < 1.29 is 9.53 Å². The number of hydrogen-bond donors (Lipinski definition) is 1. The van der Waals surface area contributed by atoms with E-state index in [4.69, 9.17) is 16.3 Å². The van der Waals surface area contributed by atoms with Crippen molar-refractivity contribution in [3.8, 4) is 0 Å². The molecule has 0 aromatic carbocycles. The van der Waals surface area contributed by atoms with E-state index in [1.807, 2.05) is 13.0 Å². The molecule has 0 saturated carbocycles. The molecule has 1 aromatic heterocycles. The highest BCUT2D eigenvalue weighted by atomic mass is 79.9. The lowest BCUT2D eigenvalue weighted by Gasteiger charge is -2.08. The van der Waals surface area contributed by atoms with Gasteiger partial charge >= 0.3 is 0 Å². The summed E-state index contributed by atoms with van der Waals surface area (Å²) in [6, 6.07) is 1.87. The van der Waals surface area contributed by atoms with Crippen LogP contribution in [-0.2, 0) is 4.74 Å². The SMILES string of the molecule is COCC(Cl)CCNC(=O)c1cc(C)c(Br)s1. The number of rotatable bonds is 6. The van der Waals surface area contributed by atoms with E-state index >= 15 is 0 Å². The van der Waals surface area contributed by atoms with E-state index in [9.17, 15) is 4.79 Å². The van der Waals surface area contributed by atoms with Crippen LogP contribution in [0.5, 0.6) is 0 Å². The highest BCUT2D eigenvalue weighted by Crippen LogP contribution is 2.27. The van der Waals surface area contributed by atoms with E-state index in [0.717, 1.165) is 9.35 Å². The van der Waals surface area contributed by atoms with E-state index in [1.54, 1.807) is 7.11 Å². The Morgan fingerprint density at radius 1 is 1.71 bits per heavy atom. The van der Waals surface area contributed by atoms with Gasteiger partial charge in [-0.15, -0.1) is 22.9 Å². The quantitative estimate of drug-likeness (QED) is 0.808. The minimum Gasteiger partial charge on any atom is -0.383 e. The number of ether oxygens (including phenoxy) is 1. The number of carbonyl (C=O) groups is 1. The molecule has 0 fully saturated rings. The van der Waals surface area contributed by atoms with Crippen LogP contribution in [0.15, 0.2) is 9.85 Å². The number of thiophene rings is 1. The molecule has 3 nitrogen and oxygen atoms in total. The van der Waals surface area contributed by atoms with Gasteiger partial charge in [-0.2, -0.15) is 0 Å². The molecule has 0 saturated heterocycles. The molecule has 0 spiro atoms. The molecule has 0 aliphatic heterocycles. The zero-order valence-corrected chi connectivity index (χ0v) is 12.9. The second-order valence-electron chi connectivity index (χ2n) is 3.66. The Hall–Kier alpha value is -0.100. The van der Waals surface area contributed by atoms with Crippen LogP contribution < -0.4 is 5.32 Å². The average Bonchev–Trinajstić information content (AvgIpc) is 2.59. The fourth-order valence-corrected chi connectivity index (χ4v) is 2.95. The molecular formula is C11H15BrClNO2S. The predicted molar refractivity (Wildman–Crippen MR) is 75.2 cm³/mol. The first kappa shape index (κ1) is 15.0. The van der Waals surface area contributed by atoms with Crippen molar-refractivity contribution in [1.82, 2.24) is 5.32 Å². The summed E-state index contributed by atoms with van der Waals surface area (Å²) in [4.78, 5) is 12.5. The summed E-state index contributed by atoms with van der Waals surface area (Å²) < 4.78 is 5.91. The number of alkyl halides is 1. The maximum Gasteiger partial charge on any atom is 0.261 e. The van der Waals surface area contributed by atoms with Gasteiger partial charge in [-0.05, 0) is 40.9 Å². The summed E-state index contributed by atoms with van der Waals surface area (Å²) in [7, 11) is 1.61. The van der Waals surface area contributed by atoms with Gasteiger partial charge < -0.3 is 10.1 Å². The Morgan fingerprint density at radius 2 is 2.41 bits per heavy atom. The lowest BCUT2D eigenvalue weighted by Crippen LogP contribution is -2.26. The summed E-state index contributed by atoms with van der Waals surface area (Å²) in [5.74, 6) is -0.0508. The monoisotopic (exact) mass is 339 g/mol. The van der Waals surface area contributed by atoms with Crippen molar-refractivity contribution in [3.63, 3.8) is 0 Å². The van der Waals surface area contributed by atoms with Crippen LogP contribution in [0.1, 0.15) is 21.7 Å². The summed E-state index contributed by atoms with van der Waals surface area (Å²) in [5, 5.41) is 2.78. The fourth-order valence-electron chi connectivity index (χ4n) is 1.27. The van der Waals surface area contributed by atoms with Gasteiger partial charge in [0.15, 0.2) is 0 Å². The molecule has 1 aromatic rings. The summed E-state index contributed by atoms with van der Waals surface area (Å²) in [6.45, 7) is 3.02. The second kappa shape index (κ2) is 7.36. The number of hydrogen-bond acceptors (Lipinski definition) is 3. The lowest BCUT2D eigenvalue weighted by atomic mass is 10.3. The van der Waals surface area contributed by atoms with Crippen LogP contribution in [0.3, 0.4) is 0 Å². The van der Waals surface area contributed by atoms with Crippen molar-refractivity contribution in [2.24, 2.45) is 0 Å². The minimum absolute atomic E-state index is 0.0508. The number of aryl methyl sites for hydroxylation is 1. The Bertz CT molecular complexity index is 364. The van der Waals surface area contributed by atoms with Crippen LogP contribution in [-0.4, -0.2) is 31.5 Å². The van der Waals surface area contributed by atoms with Crippen molar-refractivity contribution in [1.29, 1.82) is 0 Å². The molecule has 17 heavy (non-hydrogen) atoms. The van der Waals surface area contributed by atoms with Crippen LogP contribution in [0.2, 0.25) is 0 Å². The Labute approximate surface area is 119 Å². The molecule has 1 amide bonds. The number of carbonyl (C=O) groups excluding carboxylic acids is 1. The Balaban J connectivity index is 2.35. The first-order valence-electron chi connectivity index (χ1n) is 5.21. The van der Waals surface area contributed by atoms with Gasteiger partial charge in [-0.3, -0.25) is 4.79 Å². The molecule has 0 bridgehead atoms. The third-order valence-electron chi connectivity index (χ3n) is 2.17.